The lowest BCUT2D eigenvalue weighted by atomic mass is 10.5. The highest BCUT2D eigenvalue weighted by Gasteiger charge is 1.89. The molecular formula is C14H31NO8. The molecule has 0 aliphatic rings. The van der Waals surface area contributed by atoms with Gasteiger partial charge < -0.3 is 25.3 Å². The molecule has 9 nitrogen and oxygen atoms in total. The fourth-order valence-corrected chi connectivity index (χ4v) is 0.671. The maximum absolute atomic E-state index is 9.00. The van der Waals surface area contributed by atoms with Crippen molar-refractivity contribution in [1.82, 2.24) is 4.90 Å². The van der Waals surface area contributed by atoms with Crippen LogP contribution in [-0.2, 0) is 19.2 Å². The van der Waals surface area contributed by atoms with E-state index in [1.807, 2.05) is 0 Å². The molecule has 0 bridgehead atoms. The van der Waals surface area contributed by atoms with Crippen LogP contribution in [0.5, 0.6) is 0 Å². The minimum Gasteiger partial charge on any atom is -0.481 e. The van der Waals surface area contributed by atoms with Gasteiger partial charge in [0.25, 0.3) is 23.9 Å². The lowest BCUT2D eigenvalue weighted by Gasteiger charge is -2.13. The van der Waals surface area contributed by atoms with Crippen LogP contribution in [-0.4, -0.2) is 68.8 Å². The van der Waals surface area contributed by atoms with Crippen LogP contribution in [0, 0.1) is 0 Å². The number of rotatable bonds is 3. The molecule has 0 rings (SSSR count). The van der Waals surface area contributed by atoms with Gasteiger partial charge in [0.1, 0.15) is 0 Å². The number of nitrogens with zero attached hydrogens (tertiary/aromatic N) is 1. The van der Waals surface area contributed by atoms with Crippen molar-refractivity contribution in [3.63, 3.8) is 0 Å². The lowest BCUT2D eigenvalue weighted by molar-refractivity contribution is -0.135. The van der Waals surface area contributed by atoms with Crippen LogP contribution < -0.4 is 0 Å². The number of carbonyl (C=O) groups is 4. The maximum atomic E-state index is 9.00. The van der Waals surface area contributed by atoms with Gasteiger partial charge in [-0.1, -0.05) is 20.8 Å². The van der Waals surface area contributed by atoms with Crippen molar-refractivity contribution in [2.24, 2.45) is 0 Å². The van der Waals surface area contributed by atoms with Gasteiger partial charge in [-0.15, -0.1) is 0 Å². The SMILES string of the molecule is CC(=O)O.CC(=O)O.CC(=O)O.CC(=O)O.CCN(CC)CC. The van der Waals surface area contributed by atoms with E-state index in [1.54, 1.807) is 0 Å². The number of carboxylic acid groups (broad SMARTS) is 4. The van der Waals surface area contributed by atoms with Gasteiger partial charge in [-0.25, -0.2) is 0 Å². The zero-order chi connectivity index (χ0) is 20.0. The van der Waals surface area contributed by atoms with Crippen LogP contribution in [0.4, 0.5) is 0 Å². The molecule has 0 aromatic rings. The van der Waals surface area contributed by atoms with E-state index < -0.39 is 23.9 Å². The zero-order valence-electron chi connectivity index (χ0n) is 15.0. The number of hydrogen-bond acceptors (Lipinski definition) is 5. The second kappa shape index (κ2) is 28.1. The summed E-state index contributed by atoms with van der Waals surface area (Å²) >= 11 is 0. The van der Waals surface area contributed by atoms with Gasteiger partial charge >= 0.3 is 0 Å². The Hall–Kier alpha value is -2.16. The molecule has 0 fully saturated rings. The van der Waals surface area contributed by atoms with Gasteiger partial charge in [-0.2, -0.15) is 0 Å². The molecule has 0 aromatic heterocycles. The highest BCUT2D eigenvalue weighted by molar-refractivity contribution is 5.63. The largest absolute Gasteiger partial charge is 0.481 e. The normalized spacial score (nSPS) is 7.48. The molecule has 0 aromatic carbocycles. The molecule has 0 aliphatic heterocycles. The van der Waals surface area contributed by atoms with E-state index in [4.69, 9.17) is 39.6 Å². The molecule has 0 saturated carbocycles. The minimum absolute atomic E-state index is 0.833. The Balaban J connectivity index is -0.0000000604. The summed E-state index contributed by atoms with van der Waals surface area (Å²) in [5.41, 5.74) is 0. The van der Waals surface area contributed by atoms with E-state index in [-0.39, 0.29) is 0 Å². The van der Waals surface area contributed by atoms with Crippen molar-refractivity contribution in [2.45, 2.75) is 48.5 Å². The van der Waals surface area contributed by atoms with Crippen LogP contribution in [0.15, 0.2) is 0 Å². The van der Waals surface area contributed by atoms with E-state index >= 15 is 0 Å². The second-order valence-electron chi connectivity index (χ2n) is 3.70. The van der Waals surface area contributed by atoms with E-state index in [9.17, 15) is 0 Å². The summed E-state index contributed by atoms with van der Waals surface area (Å²) in [6, 6.07) is 0. The third-order valence-corrected chi connectivity index (χ3v) is 1.34. The van der Waals surface area contributed by atoms with Crippen LogP contribution >= 0.6 is 0 Å². The van der Waals surface area contributed by atoms with Gasteiger partial charge in [-0.05, 0) is 19.6 Å². The molecular weight excluding hydrogens is 310 g/mol. The van der Waals surface area contributed by atoms with E-state index in [1.165, 1.54) is 19.6 Å². The van der Waals surface area contributed by atoms with Crippen molar-refractivity contribution in [3.8, 4) is 0 Å². The molecule has 0 amide bonds. The predicted molar refractivity (Wildman–Crippen MR) is 86.7 cm³/mol. The molecule has 0 unspecified atom stereocenters. The Morgan fingerprint density at radius 3 is 0.652 bits per heavy atom. The zero-order valence-corrected chi connectivity index (χ0v) is 15.0. The first kappa shape index (κ1) is 32.7. The minimum atomic E-state index is -0.833. The smallest absolute Gasteiger partial charge is 0.300 e. The average molecular weight is 341 g/mol. The molecule has 9 heteroatoms. The van der Waals surface area contributed by atoms with Crippen molar-refractivity contribution in [3.05, 3.63) is 0 Å². The third-order valence-electron chi connectivity index (χ3n) is 1.34. The van der Waals surface area contributed by atoms with Gasteiger partial charge in [0, 0.05) is 27.7 Å². The Kier molecular flexibility index (Phi) is 39.9. The lowest BCUT2D eigenvalue weighted by Crippen LogP contribution is -2.21. The predicted octanol–water partition coefficient (Wildman–Crippen LogP) is 1.71. The molecule has 0 heterocycles. The Morgan fingerprint density at radius 2 is 0.652 bits per heavy atom. The fraction of sp³-hybridized carbons (Fsp3) is 0.714. The molecule has 0 atom stereocenters. The molecule has 0 radical (unpaired) electrons. The fourth-order valence-electron chi connectivity index (χ4n) is 0.671. The average Bonchev–Trinajstić information content (AvgIpc) is 2.28. The molecule has 4 N–H and O–H groups in total. The molecule has 140 valence electrons. The summed E-state index contributed by atoms with van der Waals surface area (Å²) in [6.07, 6.45) is 0. The van der Waals surface area contributed by atoms with E-state index in [0.29, 0.717) is 0 Å². The highest BCUT2D eigenvalue weighted by atomic mass is 16.4. The van der Waals surface area contributed by atoms with E-state index in [0.717, 1.165) is 27.7 Å². The summed E-state index contributed by atoms with van der Waals surface area (Å²) in [5, 5.41) is 29.7. The Bertz CT molecular complexity index is 232. The van der Waals surface area contributed by atoms with Gasteiger partial charge in [0.2, 0.25) is 0 Å². The summed E-state index contributed by atoms with van der Waals surface area (Å²) in [7, 11) is 0. The topological polar surface area (TPSA) is 152 Å². The Labute approximate surface area is 137 Å². The van der Waals surface area contributed by atoms with Crippen LogP contribution in [0.1, 0.15) is 48.5 Å². The monoisotopic (exact) mass is 341 g/mol. The maximum Gasteiger partial charge on any atom is 0.300 e. The first-order chi connectivity index (χ1) is 10.3. The Morgan fingerprint density at radius 1 is 0.565 bits per heavy atom. The standard InChI is InChI=1S/C6H15N.4C2H4O2/c1-4-7(5-2)6-3;4*1-2(3)4/h4-6H2,1-3H3;4*1H3,(H,3,4). The number of aliphatic carboxylic acids is 4. The van der Waals surface area contributed by atoms with Crippen LogP contribution in [0.25, 0.3) is 0 Å². The number of carboxylic acids is 4. The summed E-state index contributed by atoms with van der Waals surface area (Å²) < 4.78 is 0. The van der Waals surface area contributed by atoms with E-state index in [2.05, 4.69) is 25.7 Å². The van der Waals surface area contributed by atoms with Crippen molar-refractivity contribution in [1.29, 1.82) is 0 Å². The summed E-state index contributed by atoms with van der Waals surface area (Å²) in [4.78, 5) is 38.4. The first-order valence-corrected chi connectivity index (χ1v) is 6.78. The van der Waals surface area contributed by atoms with Crippen LogP contribution in [0.3, 0.4) is 0 Å². The van der Waals surface area contributed by atoms with Crippen molar-refractivity contribution >= 4 is 23.9 Å². The quantitative estimate of drug-likeness (QED) is 0.600. The summed E-state index contributed by atoms with van der Waals surface area (Å²) in [6.45, 7) is 14.5. The van der Waals surface area contributed by atoms with Gasteiger partial charge in [0.05, 0.1) is 0 Å². The molecule has 0 spiro atoms. The molecule has 0 aliphatic carbocycles. The summed E-state index contributed by atoms with van der Waals surface area (Å²) in [5.74, 6) is -3.33. The van der Waals surface area contributed by atoms with Gasteiger partial charge in [-0.3, -0.25) is 19.2 Å². The molecule has 0 saturated heterocycles. The third kappa shape index (κ3) is 428. The van der Waals surface area contributed by atoms with Crippen molar-refractivity contribution < 1.29 is 39.6 Å². The van der Waals surface area contributed by atoms with Crippen molar-refractivity contribution in [2.75, 3.05) is 19.6 Å². The molecule has 23 heavy (non-hydrogen) atoms. The first-order valence-electron chi connectivity index (χ1n) is 6.78. The van der Waals surface area contributed by atoms with Crippen LogP contribution in [0.2, 0.25) is 0 Å². The second-order valence-corrected chi connectivity index (χ2v) is 3.70. The van der Waals surface area contributed by atoms with Gasteiger partial charge in [0.15, 0.2) is 0 Å². The highest BCUT2D eigenvalue weighted by Crippen LogP contribution is 1.81. The number of hydrogen-bond donors (Lipinski definition) is 4.